The van der Waals surface area contributed by atoms with Crippen molar-refractivity contribution >= 4 is 22.6 Å². The molecule has 0 radical (unpaired) electrons. The first-order valence-corrected chi connectivity index (χ1v) is 6.84. The van der Waals surface area contributed by atoms with Crippen molar-refractivity contribution in [2.75, 3.05) is 5.32 Å². The first-order valence-electron chi connectivity index (χ1n) is 5.96. The van der Waals surface area contributed by atoms with Crippen molar-refractivity contribution in [1.29, 1.82) is 5.26 Å². The second-order valence-corrected chi connectivity index (χ2v) is 5.27. The van der Waals surface area contributed by atoms with E-state index < -0.39 is 0 Å². The van der Waals surface area contributed by atoms with Gasteiger partial charge in [0.1, 0.15) is 16.6 Å². The Morgan fingerprint density at radius 1 is 1.32 bits per heavy atom. The third kappa shape index (κ3) is 3.21. The van der Waals surface area contributed by atoms with Gasteiger partial charge in [0.15, 0.2) is 0 Å². The van der Waals surface area contributed by atoms with E-state index in [9.17, 15) is 5.26 Å². The molecule has 0 aliphatic carbocycles. The molecule has 0 unspecified atom stereocenters. The third-order valence-corrected chi connectivity index (χ3v) is 3.85. The van der Waals surface area contributed by atoms with Crippen molar-refractivity contribution in [2.45, 2.75) is 20.8 Å². The number of nitriles is 1. The van der Waals surface area contributed by atoms with E-state index in [1.165, 1.54) is 22.5 Å². The zero-order valence-electron chi connectivity index (χ0n) is 11.2. The van der Waals surface area contributed by atoms with Crippen molar-refractivity contribution in [3.05, 3.63) is 51.6 Å². The highest BCUT2D eigenvalue weighted by Gasteiger charge is 2.05. The van der Waals surface area contributed by atoms with E-state index in [4.69, 9.17) is 0 Å². The predicted octanol–water partition coefficient (Wildman–Crippen LogP) is 4.04. The quantitative estimate of drug-likeness (QED) is 0.855. The van der Waals surface area contributed by atoms with Gasteiger partial charge < -0.3 is 5.32 Å². The Morgan fingerprint density at radius 2 is 2.11 bits per heavy atom. The second-order valence-electron chi connectivity index (χ2n) is 4.41. The van der Waals surface area contributed by atoms with Crippen LogP contribution in [0, 0.1) is 32.1 Å². The fourth-order valence-corrected chi connectivity index (χ4v) is 2.37. The molecule has 19 heavy (non-hydrogen) atoms. The molecule has 0 amide bonds. The number of benzene rings is 1. The van der Waals surface area contributed by atoms with Crippen LogP contribution in [-0.4, -0.2) is 4.98 Å². The number of nitrogens with zero attached hydrogens (tertiary/aromatic N) is 2. The molecule has 1 N–H and O–H groups in total. The van der Waals surface area contributed by atoms with Crippen molar-refractivity contribution < 1.29 is 0 Å². The average Bonchev–Trinajstić information content (AvgIpc) is 2.81. The van der Waals surface area contributed by atoms with Crippen LogP contribution in [0.2, 0.25) is 0 Å². The molecule has 2 aromatic rings. The number of hydrogen-bond donors (Lipinski definition) is 1. The summed E-state index contributed by atoms with van der Waals surface area (Å²) in [6, 6.07) is 8.30. The van der Waals surface area contributed by atoms with Crippen LogP contribution < -0.4 is 5.32 Å². The van der Waals surface area contributed by atoms with Crippen molar-refractivity contribution in [3.8, 4) is 6.07 Å². The maximum Gasteiger partial charge on any atom is 0.135 e. The summed E-state index contributed by atoms with van der Waals surface area (Å²) in [6.07, 6.45) is 1.71. The van der Waals surface area contributed by atoms with E-state index in [1.807, 2.05) is 18.4 Å². The highest BCUT2D eigenvalue weighted by atomic mass is 32.1. The standard InChI is InChI=1S/C15H15N3S/c1-10-4-5-14(6-11(10)2)17-8-13(7-16)15-18-12(3)9-19-15/h4-6,8-9,17H,1-3H3/b13-8+. The Morgan fingerprint density at radius 3 is 2.68 bits per heavy atom. The Kier molecular flexibility index (Phi) is 3.98. The summed E-state index contributed by atoms with van der Waals surface area (Å²) in [5.41, 5.74) is 4.94. The third-order valence-electron chi connectivity index (χ3n) is 2.86. The lowest BCUT2D eigenvalue weighted by molar-refractivity contribution is 1.24. The molecule has 0 aliphatic heterocycles. The molecule has 4 heteroatoms. The summed E-state index contributed by atoms with van der Waals surface area (Å²) in [7, 11) is 0. The first-order chi connectivity index (χ1) is 9.10. The van der Waals surface area contributed by atoms with Crippen LogP contribution in [0.25, 0.3) is 5.57 Å². The first kappa shape index (κ1) is 13.3. The van der Waals surface area contributed by atoms with E-state index in [0.717, 1.165) is 16.4 Å². The number of aromatic nitrogens is 1. The average molecular weight is 269 g/mol. The van der Waals surface area contributed by atoms with E-state index >= 15 is 0 Å². The number of allylic oxidation sites excluding steroid dienone is 1. The van der Waals surface area contributed by atoms with Gasteiger partial charge in [-0.15, -0.1) is 11.3 Å². The van der Waals surface area contributed by atoms with Gasteiger partial charge in [-0.1, -0.05) is 6.07 Å². The molecule has 0 fully saturated rings. The highest BCUT2D eigenvalue weighted by molar-refractivity contribution is 7.10. The number of aryl methyl sites for hydroxylation is 3. The summed E-state index contributed by atoms with van der Waals surface area (Å²) in [5.74, 6) is 0. The van der Waals surface area contributed by atoms with Crippen LogP contribution in [-0.2, 0) is 0 Å². The molecule has 0 saturated heterocycles. The molecule has 3 nitrogen and oxygen atoms in total. The predicted molar refractivity (Wildman–Crippen MR) is 80.0 cm³/mol. The van der Waals surface area contributed by atoms with Gasteiger partial charge in [-0.05, 0) is 44.0 Å². The van der Waals surface area contributed by atoms with Gasteiger partial charge in [0, 0.05) is 23.0 Å². The Balaban J connectivity index is 2.20. The fraction of sp³-hybridized carbons (Fsp3) is 0.200. The van der Waals surface area contributed by atoms with Gasteiger partial charge >= 0.3 is 0 Å². The van der Waals surface area contributed by atoms with Gasteiger partial charge in [0.2, 0.25) is 0 Å². The van der Waals surface area contributed by atoms with E-state index in [-0.39, 0.29) is 0 Å². The minimum absolute atomic E-state index is 0.552. The molecule has 1 aromatic carbocycles. The number of rotatable bonds is 3. The minimum Gasteiger partial charge on any atom is -0.360 e. The summed E-state index contributed by atoms with van der Waals surface area (Å²) in [4.78, 5) is 4.31. The maximum atomic E-state index is 9.17. The molecule has 96 valence electrons. The Labute approximate surface area is 117 Å². The van der Waals surface area contributed by atoms with Crippen molar-refractivity contribution in [2.24, 2.45) is 0 Å². The van der Waals surface area contributed by atoms with Crippen LogP contribution in [0.15, 0.2) is 29.8 Å². The molecule has 0 spiro atoms. The summed E-state index contributed by atoms with van der Waals surface area (Å²) in [6.45, 7) is 6.07. The summed E-state index contributed by atoms with van der Waals surface area (Å²) in [5, 5.41) is 15.0. The summed E-state index contributed by atoms with van der Waals surface area (Å²) < 4.78 is 0. The second kappa shape index (κ2) is 5.68. The molecule has 1 heterocycles. The molecular formula is C15H15N3S. The number of anilines is 1. The zero-order valence-corrected chi connectivity index (χ0v) is 12.0. The van der Waals surface area contributed by atoms with Gasteiger partial charge in [-0.3, -0.25) is 0 Å². The molecular weight excluding hydrogens is 254 g/mol. The molecule has 1 aromatic heterocycles. The van der Waals surface area contributed by atoms with Crippen LogP contribution >= 0.6 is 11.3 Å². The lowest BCUT2D eigenvalue weighted by Gasteiger charge is -2.05. The zero-order chi connectivity index (χ0) is 13.8. The Hall–Kier alpha value is -2.12. The van der Waals surface area contributed by atoms with Gasteiger partial charge in [0.25, 0.3) is 0 Å². The van der Waals surface area contributed by atoms with Gasteiger partial charge in [-0.2, -0.15) is 5.26 Å². The van der Waals surface area contributed by atoms with Crippen LogP contribution in [0.5, 0.6) is 0 Å². The normalized spacial score (nSPS) is 11.2. The van der Waals surface area contributed by atoms with Crippen molar-refractivity contribution in [3.63, 3.8) is 0 Å². The largest absolute Gasteiger partial charge is 0.360 e. The number of hydrogen-bond acceptors (Lipinski definition) is 4. The lowest BCUT2D eigenvalue weighted by Crippen LogP contribution is -1.92. The van der Waals surface area contributed by atoms with Gasteiger partial charge in [0.05, 0.1) is 0 Å². The fourth-order valence-electron chi connectivity index (χ4n) is 1.61. The van der Waals surface area contributed by atoms with Crippen LogP contribution in [0.4, 0.5) is 5.69 Å². The van der Waals surface area contributed by atoms with Crippen LogP contribution in [0.3, 0.4) is 0 Å². The van der Waals surface area contributed by atoms with Gasteiger partial charge in [-0.25, -0.2) is 4.98 Å². The molecule has 2 rings (SSSR count). The monoisotopic (exact) mass is 269 g/mol. The Bertz CT molecular complexity index is 662. The van der Waals surface area contributed by atoms with E-state index in [2.05, 4.69) is 42.4 Å². The summed E-state index contributed by atoms with van der Waals surface area (Å²) >= 11 is 1.48. The maximum absolute atomic E-state index is 9.17. The topological polar surface area (TPSA) is 48.7 Å². The van der Waals surface area contributed by atoms with Crippen LogP contribution in [0.1, 0.15) is 21.8 Å². The smallest absolute Gasteiger partial charge is 0.135 e. The lowest BCUT2D eigenvalue weighted by atomic mass is 10.1. The van der Waals surface area contributed by atoms with E-state index in [1.54, 1.807) is 6.20 Å². The highest BCUT2D eigenvalue weighted by Crippen LogP contribution is 2.20. The molecule has 0 bridgehead atoms. The SMILES string of the molecule is Cc1csc(/C(C#N)=C/Nc2ccc(C)c(C)c2)n1. The van der Waals surface area contributed by atoms with E-state index in [0.29, 0.717) is 5.57 Å². The number of thiazole rings is 1. The van der Waals surface area contributed by atoms with Crippen molar-refractivity contribution in [1.82, 2.24) is 4.98 Å². The molecule has 0 atom stereocenters. The molecule has 0 saturated carbocycles. The minimum atomic E-state index is 0.552. The molecule has 0 aliphatic rings. The number of nitrogens with one attached hydrogen (secondary N) is 1.